The Balaban J connectivity index is 1.38. The minimum Gasteiger partial charge on any atom is -0.340 e. The van der Waals surface area contributed by atoms with E-state index in [0.717, 1.165) is 5.56 Å². The monoisotopic (exact) mass is 406 g/mol. The number of benzene rings is 1. The van der Waals surface area contributed by atoms with Crippen LogP contribution >= 0.6 is 0 Å². The van der Waals surface area contributed by atoms with Crippen LogP contribution in [0.15, 0.2) is 30.3 Å². The van der Waals surface area contributed by atoms with Gasteiger partial charge in [-0.2, -0.15) is 4.80 Å². The molecule has 152 valence electrons. The Morgan fingerprint density at radius 1 is 1.07 bits per heavy atom. The molecule has 1 amide bonds. The summed E-state index contributed by atoms with van der Waals surface area (Å²) in [5.74, 6) is 0.861. The maximum absolute atomic E-state index is 12.4. The molecule has 0 unspecified atom stereocenters. The Hall–Kier alpha value is -2.33. The first-order valence-electron chi connectivity index (χ1n) is 9.42. The highest BCUT2D eigenvalue weighted by atomic mass is 32.2. The van der Waals surface area contributed by atoms with E-state index in [1.165, 1.54) is 11.1 Å². The third-order valence-electron chi connectivity index (χ3n) is 4.74. The third-order valence-corrected chi connectivity index (χ3v) is 5.66. The fraction of sp³-hybridized carbons (Fsp3) is 0.556. The number of sulfone groups is 1. The summed E-state index contributed by atoms with van der Waals surface area (Å²) in [6.07, 6.45) is 2.34. The van der Waals surface area contributed by atoms with Gasteiger partial charge in [-0.05, 0) is 11.6 Å². The van der Waals surface area contributed by atoms with Crippen molar-refractivity contribution >= 4 is 15.7 Å². The Labute approximate surface area is 165 Å². The second-order valence-electron chi connectivity index (χ2n) is 7.03. The van der Waals surface area contributed by atoms with E-state index < -0.39 is 9.84 Å². The van der Waals surface area contributed by atoms with Crippen LogP contribution in [0.25, 0.3) is 11.4 Å². The van der Waals surface area contributed by atoms with E-state index in [9.17, 15) is 13.2 Å². The van der Waals surface area contributed by atoms with Gasteiger partial charge in [0, 0.05) is 51.0 Å². The molecule has 1 aliphatic rings. The van der Waals surface area contributed by atoms with Crippen LogP contribution in [0, 0.1) is 0 Å². The summed E-state index contributed by atoms with van der Waals surface area (Å²) in [5, 5.41) is 12.5. The summed E-state index contributed by atoms with van der Waals surface area (Å²) in [6.45, 7) is 3.78. The van der Waals surface area contributed by atoms with Crippen molar-refractivity contribution in [3.8, 4) is 11.4 Å². The Kier molecular flexibility index (Phi) is 6.74. The number of tetrazole rings is 1. The fourth-order valence-electron chi connectivity index (χ4n) is 3.09. The van der Waals surface area contributed by atoms with E-state index >= 15 is 0 Å². The van der Waals surface area contributed by atoms with E-state index in [4.69, 9.17) is 0 Å². The van der Waals surface area contributed by atoms with Crippen LogP contribution in [0.1, 0.15) is 12.8 Å². The highest BCUT2D eigenvalue weighted by molar-refractivity contribution is 7.90. The van der Waals surface area contributed by atoms with Gasteiger partial charge in [-0.15, -0.1) is 10.2 Å². The number of carbonyl (C=O) groups is 1. The lowest BCUT2D eigenvalue weighted by atomic mass is 10.2. The maximum Gasteiger partial charge on any atom is 0.222 e. The van der Waals surface area contributed by atoms with Crippen molar-refractivity contribution in [3.05, 3.63) is 30.3 Å². The molecule has 2 heterocycles. The van der Waals surface area contributed by atoms with Crippen molar-refractivity contribution in [1.82, 2.24) is 30.0 Å². The number of hydrogen-bond donors (Lipinski definition) is 0. The summed E-state index contributed by atoms with van der Waals surface area (Å²) < 4.78 is 22.5. The van der Waals surface area contributed by atoms with E-state index in [-0.39, 0.29) is 11.7 Å². The molecule has 3 rings (SSSR count). The van der Waals surface area contributed by atoms with Gasteiger partial charge in [-0.1, -0.05) is 30.3 Å². The molecule has 0 radical (unpaired) electrons. The van der Waals surface area contributed by atoms with Crippen molar-refractivity contribution in [3.63, 3.8) is 0 Å². The van der Waals surface area contributed by atoms with Crippen LogP contribution in [0.4, 0.5) is 0 Å². The molecule has 0 atom stereocenters. The number of aromatic nitrogens is 4. The molecule has 2 aromatic rings. The molecule has 0 saturated carbocycles. The first-order chi connectivity index (χ1) is 13.4. The summed E-state index contributed by atoms with van der Waals surface area (Å²) in [6, 6.07) is 9.65. The van der Waals surface area contributed by atoms with Crippen LogP contribution < -0.4 is 0 Å². The zero-order valence-electron chi connectivity index (χ0n) is 16.1. The van der Waals surface area contributed by atoms with Gasteiger partial charge in [-0.3, -0.25) is 9.69 Å². The highest BCUT2D eigenvalue weighted by Gasteiger charge is 2.21. The van der Waals surface area contributed by atoms with Gasteiger partial charge in [-0.25, -0.2) is 8.42 Å². The lowest BCUT2D eigenvalue weighted by Crippen LogP contribution is -2.49. The summed E-state index contributed by atoms with van der Waals surface area (Å²) in [7, 11) is -2.95. The van der Waals surface area contributed by atoms with Gasteiger partial charge in [0.05, 0.1) is 12.3 Å². The SMILES string of the molecule is CS(=O)(=O)CCN1CCN(C(=O)CCCn2nnc(-c3ccccc3)n2)CC1. The zero-order valence-corrected chi connectivity index (χ0v) is 16.9. The van der Waals surface area contributed by atoms with Gasteiger partial charge < -0.3 is 4.90 Å². The van der Waals surface area contributed by atoms with Crippen molar-refractivity contribution in [2.24, 2.45) is 0 Å². The third kappa shape index (κ3) is 6.10. The number of piperazine rings is 1. The maximum atomic E-state index is 12.4. The molecule has 1 aliphatic heterocycles. The molecule has 1 saturated heterocycles. The average molecular weight is 407 g/mol. The molecule has 10 heteroatoms. The van der Waals surface area contributed by atoms with Gasteiger partial charge in [0.15, 0.2) is 0 Å². The Bertz CT molecular complexity index is 876. The minimum absolute atomic E-state index is 0.117. The van der Waals surface area contributed by atoms with Crippen LogP contribution in [0.5, 0.6) is 0 Å². The highest BCUT2D eigenvalue weighted by Crippen LogP contribution is 2.12. The lowest BCUT2D eigenvalue weighted by molar-refractivity contribution is -0.133. The van der Waals surface area contributed by atoms with E-state index in [1.54, 1.807) is 0 Å². The van der Waals surface area contributed by atoms with Crippen molar-refractivity contribution in [2.75, 3.05) is 44.7 Å². The van der Waals surface area contributed by atoms with Gasteiger partial charge >= 0.3 is 0 Å². The molecule has 0 N–H and O–H groups in total. The number of nitrogens with zero attached hydrogens (tertiary/aromatic N) is 6. The van der Waals surface area contributed by atoms with Crippen LogP contribution in [-0.2, 0) is 21.2 Å². The van der Waals surface area contributed by atoms with E-state index in [0.29, 0.717) is 57.9 Å². The summed E-state index contributed by atoms with van der Waals surface area (Å²) in [4.78, 5) is 17.9. The number of aryl methyl sites for hydroxylation is 1. The van der Waals surface area contributed by atoms with Crippen LogP contribution in [-0.4, -0.2) is 89.1 Å². The zero-order chi connectivity index (χ0) is 20.0. The molecular weight excluding hydrogens is 380 g/mol. The fourth-order valence-corrected chi connectivity index (χ4v) is 3.68. The lowest BCUT2D eigenvalue weighted by Gasteiger charge is -2.34. The van der Waals surface area contributed by atoms with Crippen molar-refractivity contribution in [1.29, 1.82) is 0 Å². The number of carbonyl (C=O) groups excluding carboxylic acids is 1. The first kappa shape index (κ1) is 20.4. The van der Waals surface area contributed by atoms with E-state index in [2.05, 4.69) is 20.3 Å². The predicted molar refractivity (Wildman–Crippen MR) is 105 cm³/mol. The summed E-state index contributed by atoms with van der Waals surface area (Å²) in [5.41, 5.74) is 0.915. The molecule has 28 heavy (non-hydrogen) atoms. The smallest absolute Gasteiger partial charge is 0.222 e. The first-order valence-corrected chi connectivity index (χ1v) is 11.5. The van der Waals surface area contributed by atoms with Gasteiger partial charge in [0.25, 0.3) is 0 Å². The number of amides is 1. The number of rotatable bonds is 8. The molecule has 1 fully saturated rings. The molecule has 0 bridgehead atoms. The largest absolute Gasteiger partial charge is 0.340 e. The van der Waals surface area contributed by atoms with Crippen molar-refractivity contribution in [2.45, 2.75) is 19.4 Å². The number of hydrogen-bond acceptors (Lipinski definition) is 7. The predicted octanol–water partition coefficient (Wildman–Crippen LogP) is 0.309. The molecule has 9 nitrogen and oxygen atoms in total. The van der Waals surface area contributed by atoms with Gasteiger partial charge in [0.1, 0.15) is 9.84 Å². The Morgan fingerprint density at radius 2 is 1.79 bits per heavy atom. The van der Waals surface area contributed by atoms with Gasteiger partial charge in [0.2, 0.25) is 11.7 Å². The molecule has 0 aliphatic carbocycles. The van der Waals surface area contributed by atoms with E-state index in [1.807, 2.05) is 35.2 Å². The second-order valence-corrected chi connectivity index (χ2v) is 9.29. The minimum atomic E-state index is -2.95. The average Bonchev–Trinajstić information content (AvgIpc) is 3.16. The molecule has 1 aromatic carbocycles. The van der Waals surface area contributed by atoms with Crippen LogP contribution in [0.3, 0.4) is 0 Å². The topological polar surface area (TPSA) is 101 Å². The second kappa shape index (κ2) is 9.24. The Morgan fingerprint density at radius 3 is 2.46 bits per heavy atom. The molecule has 0 spiro atoms. The molecule has 1 aromatic heterocycles. The quantitative estimate of drug-likeness (QED) is 0.622. The molecular formula is C18H26N6O3S. The summed E-state index contributed by atoms with van der Waals surface area (Å²) >= 11 is 0. The standard InChI is InChI=1S/C18H26N6O3S/c1-28(26,27)15-14-22-10-12-23(13-11-22)17(25)8-5-9-24-20-18(19-21-24)16-6-3-2-4-7-16/h2-4,6-7H,5,8-15H2,1H3. The van der Waals surface area contributed by atoms with Crippen LogP contribution in [0.2, 0.25) is 0 Å². The normalized spacial score (nSPS) is 15.7. The van der Waals surface area contributed by atoms with Crippen molar-refractivity contribution < 1.29 is 13.2 Å².